The van der Waals surface area contributed by atoms with Gasteiger partial charge in [-0.05, 0) is 31.0 Å². The first-order chi connectivity index (χ1) is 12.8. The maximum Gasteiger partial charge on any atom is 0.225 e. The number of carbonyl (C=O) groups excluding carboxylic acids is 2. The summed E-state index contributed by atoms with van der Waals surface area (Å²) in [5.41, 5.74) is 0.512. The standard InChI is InChI=1S/C18H24N2O5S2/c1-12-9-18(22)20-15-10-14(4-5-16(15)26-12)27(23,24)8-6-17(21)19-11-13-3-2-7-25-13/h4-5,10,12-13H,2-3,6-9,11H2,1H3,(H,19,21)(H,20,22)/t12-,13-/m0/s1. The molecule has 7 nitrogen and oxygen atoms in total. The van der Waals surface area contributed by atoms with Crippen molar-refractivity contribution in [1.82, 2.24) is 5.32 Å². The summed E-state index contributed by atoms with van der Waals surface area (Å²) in [6.07, 6.45) is 2.20. The largest absolute Gasteiger partial charge is 0.376 e. The van der Waals surface area contributed by atoms with Crippen molar-refractivity contribution in [2.45, 2.75) is 53.8 Å². The molecule has 2 aliphatic heterocycles. The van der Waals surface area contributed by atoms with Crippen molar-refractivity contribution in [3.8, 4) is 0 Å². The lowest BCUT2D eigenvalue weighted by Gasteiger charge is -2.12. The molecule has 1 aromatic rings. The van der Waals surface area contributed by atoms with E-state index in [9.17, 15) is 18.0 Å². The monoisotopic (exact) mass is 412 g/mol. The molecule has 0 bridgehead atoms. The maximum atomic E-state index is 12.6. The number of nitrogens with one attached hydrogen (secondary N) is 2. The molecule has 1 saturated heterocycles. The second kappa shape index (κ2) is 8.62. The zero-order chi connectivity index (χ0) is 19.4. The van der Waals surface area contributed by atoms with Crippen molar-refractivity contribution < 1.29 is 22.7 Å². The summed E-state index contributed by atoms with van der Waals surface area (Å²) in [7, 11) is -3.62. The molecule has 2 atom stereocenters. The van der Waals surface area contributed by atoms with E-state index in [1.54, 1.807) is 6.07 Å². The fraction of sp³-hybridized carbons (Fsp3) is 0.556. The molecule has 148 valence electrons. The van der Waals surface area contributed by atoms with Crippen LogP contribution in [-0.4, -0.2) is 50.5 Å². The second-order valence-corrected chi connectivity index (χ2v) is 10.4. The van der Waals surface area contributed by atoms with Gasteiger partial charge in [0, 0.05) is 36.1 Å². The summed E-state index contributed by atoms with van der Waals surface area (Å²) in [4.78, 5) is 24.8. The number of hydrogen-bond donors (Lipinski definition) is 2. The lowest BCUT2D eigenvalue weighted by atomic mass is 10.2. The van der Waals surface area contributed by atoms with Crippen LogP contribution in [0, 0.1) is 0 Å². The highest BCUT2D eigenvalue weighted by Gasteiger charge is 2.23. The first kappa shape index (κ1) is 20.2. The number of thioether (sulfide) groups is 1. The maximum absolute atomic E-state index is 12.6. The van der Waals surface area contributed by atoms with Crippen LogP contribution in [0.4, 0.5) is 5.69 Å². The van der Waals surface area contributed by atoms with Gasteiger partial charge in [0.1, 0.15) is 0 Å². The van der Waals surface area contributed by atoms with Crippen LogP contribution in [-0.2, 0) is 24.2 Å². The van der Waals surface area contributed by atoms with Crippen LogP contribution in [0.2, 0.25) is 0 Å². The molecule has 1 aromatic carbocycles. The van der Waals surface area contributed by atoms with E-state index in [4.69, 9.17) is 4.74 Å². The van der Waals surface area contributed by atoms with E-state index in [1.165, 1.54) is 23.9 Å². The quantitative estimate of drug-likeness (QED) is 0.741. The summed E-state index contributed by atoms with van der Waals surface area (Å²) < 4.78 is 30.6. The van der Waals surface area contributed by atoms with Crippen molar-refractivity contribution in [2.75, 3.05) is 24.2 Å². The Morgan fingerprint density at radius 2 is 2.22 bits per heavy atom. The Labute approximate surface area is 163 Å². The van der Waals surface area contributed by atoms with Crippen LogP contribution < -0.4 is 10.6 Å². The minimum Gasteiger partial charge on any atom is -0.376 e. The highest BCUT2D eigenvalue weighted by atomic mass is 32.2. The number of carbonyl (C=O) groups is 2. The Morgan fingerprint density at radius 1 is 1.41 bits per heavy atom. The average molecular weight is 413 g/mol. The summed E-state index contributed by atoms with van der Waals surface area (Å²) in [5.74, 6) is -0.709. The van der Waals surface area contributed by atoms with Crippen LogP contribution in [0.25, 0.3) is 0 Å². The van der Waals surface area contributed by atoms with Crippen molar-refractivity contribution >= 4 is 39.1 Å². The summed E-state index contributed by atoms with van der Waals surface area (Å²) >= 11 is 1.54. The third kappa shape index (κ3) is 5.46. The molecule has 27 heavy (non-hydrogen) atoms. The Kier molecular flexibility index (Phi) is 6.44. The number of rotatable bonds is 6. The first-order valence-electron chi connectivity index (χ1n) is 9.05. The molecule has 0 spiro atoms. The van der Waals surface area contributed by atoms with Gasteiger partial charge in [-0.25, -0.2) is 8.42 Å². The molecule has 0 aliphatic carbocycles. The molecule has 2 N–H and O–H groups in total. The van der Waals surface area contributed by atoms with E-state index in [0.29, 0.717) is 25.3 Å². The number of sulfone groups is 1. The number of benzene rings is 1. The van der Waals surface area contributed by atoms with Crippen LogP contribution in [0.1, 0.15) is 32.6 Å². The van der Waals surface area contributed by atoms with Gasteiger partial charge in [-0.2, -0.15) is 0 Å². The molecular formula is C18H24N2O5S2. The number of ether oxygens (including phenoxy) is 1. The van der Waals surface area contributed by atoms with Gasteiger partial charge in [0.05, 0.1) is 22.4 Å². The third-order valence-electron chi connectivity index (χ3n) is 4.53. The van der Waals surface area contributed by atoms with E-state index < -0.39 is 9.84 Å². The smallest absolute Gasteiger partial charge is 0.225 e. The summed E-state index contributed by atoms with van der Waals surface area (Å²) in [6.45, 7) is 3.08. The molecule has 0 saturated carbocycles. The molecule has 3 rings (SSSR count). The van der Waals surface area contributed by atoms with E-state index in [2.05, 4.69) is 10.6 Å². The predicted molar refractivity (Wildman–Crippen MR) is 104 cm³/mol. The first-order valence-corrected chi connectivity index (χ1v) is 11.6. The molecule has 0 unspecified atom stereocenters. The lowest BCUT2D eigenvalue weighted by molar-refractivity contribution is -0.121. The Bertz CT molecular complexity index is 819. The van der Waals surface area contributed by atoms with Crippen molar-refractivity contribution in [3.05, 3.63) is 18.2 Å². The van der Waals surface area contributed by atoms with Gasteiger partial charge >= 0.3 is 0 Å². The fourth-order valence-corrected chi connectivity index (χ4v) is 5.40. The number of fused-ring (bicyclic) bond motifs is 1. The fourth-order valence-electron chi connectivity index (χ4n) is 3.09. The molecule has 0 aromatic heterocycles. The highest BCUT2D eigenvalue weighted by molar-refractivity contribution is 8.00. The Balaban J connectivity index is 1.61. The van der Waals surface area contributed by atoms with E-state index in [-0.39, 0.29) is 40.2 Å². The van der Waals surface area contributed by atoms with Crippen LogP contribution >= 0.6 is 11.8 Å². The average Bonchev–Trinajstić information content (AvgIpc) is 3.08. The van der Waals surface area contributed by atoms with E-state index in [1.807, 2.05) is 6.92 Å². The van der Waals surface area contributed by atoms with E-state index >= 15 is 0 Å². The van der Waals surface area contributed by atoms with Crippen molar-refractivity contribution in [2.24, 2.45) is 0 Å². The van der Waals surface area contributed by atoms with Crippen molar-refractivity contribution in [3.63, 3.8) is 0 Å². The molecule has 2 amide bonds. The van der Waals surface area contributed by atoms with E-state index in [0.717, 1.165) is 17.7 Å². The van der Waals surface area contributed by atoms with Gasteiger partial charge in [-0.1, -0.05) is 6.92 Å². The molecule has 2 heterocycles. The Hall–Kier alpha value is -1.58. The molecule has 2 aliphatic rings. The Morgan fingerprint density at radius 3 is 2.96 bits per heavy atom. The van der Waals surface area contributed by atoms with Gasteiger partial charge in [0.15, 0.2) is 9.84 Å². The highest BCUT2D eigenvalue weighted by Crippen LogP contribution is 2.36. The molecule has 1 fully saturated rings. The van der Waals surface area contributed by atoms with Crippen LogP contribution in [0.3, 0.4) is 0 Å². The van der Waals surface area contributed by atoms with Gasteiger partial charge in [0.2, 0.25) is 11.8 Å². The van der Waals surface area contributed by atoms with Gasteiger partial charge < -0.3 is 15.4 Å². The molecular weight excluding hydrogens is 388 g/mol. The minimum atomic E-state index is -3.62. The SMILES string of the molecule is C[C@H]1CC(=O)Nc2cc(S(=O)(=O)CCC(=O)NC[C@@H]3CCCO3)ccc2S1. The zero-order valence-corrected chi connectivity index (χ0v) is 16.8. The van der Waals surface area contributed by atoms with Crippen molar-refractivity contribution in [1.29, 1.82) is 0 Å². The van der Waals surface area contributed by atoms with Crippen LogP contribution in [0.5, 0.6) is 0 Å². The molecule has 9 heteroatoms. The lowest BCUT2D eigenvalue weighted by Crippen LogP contribution is -2.32. The number of hydrogen-bond acceptors (Lipinski definition) is 6. The zero-order valence-electron chi connectivity index (χ0n) is 15.2. The van der Waals surface area contributed by atoms with Gasteiger partial charge in [-0.15, -0.1) is 11.8 Å². The number of anilines is 1. The normalized spacial score (nSPS) is 22.6. The van der Waals surface area contributed by atoms with Gasteiger partial charge in [-0.3, -0.25) is 9.59 Å². The van der Waals surface area contributed by atoms with Crippen LogP contribution in [0.15, 0.2) is 28.0 Å². The number of amides is 2. The summed E-state index contributed by atoms with van der Waals surface area (Å²) in [6, 6.07) is 4.74. The second-order valence-electron chi connectivity index (χ2n) is 6.85. The molecule has 0 radical (unpaired) electrons. The predicted octanol–water partition coefficient (Wildman–Crippen LogP) is 1.97. The minimum absolute atomic E-state index is 0.0265. The topological polar surface area (TPSA) is 102 Å². The third-order valence-corrected chi connectivity index (χ3v) is 7.43. The van der Waals surface area contributed by atoms with Gasteiger partial charge in [0.25, 0.3) is 0 Å². The summed E-state index contributed by atoms with van der Waals surface area (Å²) in [5, 5.41) is 5.62.